The molecule has 1 aliphatic heterocycles. The third-order valence-electron chi connectivity index (χ3n) is 4.56. The summed E-state index contributed by atoms with van der Waals surface area (Å²) in [5, 5.41) is 25.0. The quantitative estimate of drug-likeness (QED) is 0.445. The molecule has 1 aromatic rings. The van der Waals surface area contributed by atoms with Crippen LogP contribution >= 0.6 is 0 Å². The molecular weight excluding hydrogens is 336 g/mol. The number of aliphatic hydroxyl groups excluding tert-OH is 1. The minimum Gasteiger partial charge on any atom is -0.465 e. The Kier molecular flexibility index (Phi) is 8.31. The van der Waals surface area contributed by atoms with E-state index in [9.17, 15) is 9.90 Å². The molecule has 0 bridgehead atoms. The average Bonchev–Trinajstić information content (AvgIpc) is 3.04. The van der Waals surface area contributed by atoms with Crippen molar-refractivity contribution in [2.45, 2.75) is 50.5 Å². The molecular formula is C19H30N2O5. The number of unbranched alkanes of at least 4 members (excludes halogenated alkanes) is 1. The van der Waals surface area contributed by atoms with Gasteiger partial charge in [0.05, 0.1) is 25.4 Å². The first-order valence-corrected chi connectivity index (χ1v) is 9.18. The molecule has 2 rings (SSSR count). The number of amides is 1. The van der Waals surface area contributed by atoms with Crippen molar-refractivity contribution in [3.05, 3.63) is 35.9 Å². The second kappa shape index (κ2) is 10.5. The maximum atomic E-state index is 11.0. The van der Waals surface area contributed by atoms with Gasteiger partial charge in [0.25, 0.3) is 0 Å². The lowest BCUT2D eigenvalue weighted by Gasteiger charge is -2.24. The summed E-state index contributed by atoms with van der Waals surface area (Å²) in [4.78, 5) is 11.0. The van der Waals surface area contributed by atoms with Crippen molar-refractivity contribution in [2.75, 3.05) is 26.3 Å². The van der Waals surface area contributed by atoms with Gasteiger partial charge in [0.1, 0.15) is 0 Å². The fourth-order valence-electron chi connectivity index (χ4n) is 3.10. The van der Waals surface area contributed by atoms with Gasteiger partial charge in [0.15, 0.2) is 5.79 Å². The maximum absolute atomic E-state index is 11.0. The molecule has 0 saturated carbocycles. The number of hydrogen-bond donors (Lipinski definition) is 4. The molecule has 26 heavy (non-hydrogen) atoms. The first kappa shape index (κ1) is 20.6. The number of ether oxygens (including phenoxy) is 2. The molecule has 1 aromatic carbocycles. The number of carbonyl (C=O) groups is 1. The van der Waals surface area contributed by atoms with Gasteiger partial charge >= 0.3 is 6.09 Å². The predicted octanol–water partition coefficient (Wildman–Crippen LogP) is 1.75. The van der Waals surface area contributed by atoms with E-state index in [1.807, 2.05) is 37.3 Å². The molecule has 2 atom stereocenters. The average molecular weight is 366 g/mol. The molecule has 7 nitrogen and oxygen atoms in total. The zero-order valence-electron chi connectivity index (χ0n) is 15.3. The van der Waals surface area contributed by atoms with Crippen molar-refractivity contribution in [3.8, 4) is 0 Å². The molecule has 0 aliphatic carbocycles. The second-order valence-corrected chi connectivity index (χ2v) is 6.81. The summed E-state index contributed by atoms with van der Waals surface area (Å²) in [6.45, 7) is 4.35. The zero-order chi connectivity index (χ0) is 18.8. The predicted molar refractivity (Wildman–Crippen MR) is 98.1 cm³/mol. The van der Waals surface area contributed by atoms with Gasteiger partial charge < -0.3 is 30.3 Å². The Morgan fingerprint density at radius 2 is 1.92 bits per heavy atom. The van der Waals surface area contributed by atoms with E-state index in [0.29, 0.717) is 26.2 Å². The van der Waals surface area contributed by atoms with E-state index >= 15 is 0 Å². The highest BCUT2D eigenvalue weighted by Crippen LogP contribution is 2.24. The van der Waals surface area contributed by atoms with Crippen LogP contribution in [0.4, 0.5) is 4.79 Å². The van der Waals surface area contributed by atoms with Crippen molar-refractivity contribution in [1.29, 1.82) is 0 Å². The van der Waals surface area contributed by atoms with Crippen LogP contribution in [0.2, 0.25) is 0 Å². The van der Waals surface area contributed by atoms with E-state index in [1.54, 1.807) is 0 Å². The molecule has 1 heterocycles. The Morgan fingerprint density at radius 3 is 2.58 bits per heavy atom. The van der Waals surface area contributed by atoms with Crippen LogP contribution in [0.1, 0.15) is 31.7 Å². The van der Waals surface area contributed by atoms with Gasteiger partial charge in [0.2, 0.25) is 0 Å². The Labute approximate surface area is 154 Å². The lowest BCUT2D eigenvalue weighted by atomic mass is 10.0. The minimum atomic E-state index is -1.13. The van der Waals surface area contributed by atoms with Crippen molar-refractivity contribution in [3.63, 3.8) is 0 Å². The monoisotopic (exact) mass is 366 g/mol. The molecule has 1 saturated heterocycles. The summed E-state index contributed by atoms with van der Waals surface area (Å²) in [6, 6.07) is 8.99. The number of carboxylic acid groups (broad SMARTS) is 1. The summed E-state index contributed by atoms with van der Waals surface area (Å²) < 4.78 is 11.1. The van der Waals surface area contributed by atoms with Gasteiger partial charge in [-0.05, 0) is 38.3 Å². The van der Waals surface area contributed by atoms with Gasteiger partial charge in [-0.3, -0.25) is 0 Å². The Hall–Kier alpha value is -1.67. The first-order chi connectivity index (χ1) is 12.5. The highest BCUT2D eigenvalue weighted by molar-refractivity contribution is 5.65. The van der Waals surface area contributed by atoms with E-state index in [0.717, 1.165) is 31.4 Å². The van der Waals surface area contributed by atoms with Crippen LogP contribution in [0.3, 0.4) is 0 Å². The molecule has 0 radical (unpaired) electrons. The Morgan fingerprint density at radius 1 is 1.23 bits per heavy atom. The standard InChI is InChI=1S/C19H30N2O5/c1-19(25-11-12-26-19)9-5-6-10-20-14-17(22)16(21-18(23)24)13-15-7-3-2-4-8-15/h2-4,7-8,16-17,20-22H,5-6,9-14H2,1H3,(H,23,24)/t16-,17-/m0/s1. The number of hydrogen-bond acceptors (Lipinski definition) is 5. The molecule has 7 heteroatoms. The third kappa shape index (κ3) is 7.29. The van der Waals surface area contributed by atoms with Crippen LogP contribution in [0.15, 0.2) is 30.3 Å². The summed E-state index contributed by atoms with van der Waals surface area (Å²) in [5.41, 5.74) is 0.982. The van der Waals surface area contributed by atoms with Crippen molar-refractivity contribution < 1.29 is 24.5 Å². The van der Waals surface area contributed by atoms with E-state index in [1.165, 1.54) is 0 Å². The summed E-state index contributed by atoms with van der Waals surface area (Å²) in [7, 11) is 0. The molecule has 0 aromatic heterocycles. The SMILES string of the molecule is CC1(CCCCNC[C@H](O)[C@H](Cc2ccccc2)NC(=O)O)OCCO1. The van der Waals surface area contributed by atoms with Crippen molar-refractivity contribution >= 4 is 6.09 Å². The lowest BCUT2D eigenvalue weighted by molar-refractivity contribution is -0.147. The van der Waals surface area contributed by atoms with Crippen molar-refractivity contribution in [1.82, 2.24) is 10.6 Å². The van der Waals surface area contributed by atoms with Crippen LogP contribution in [0.25, 0.3) is 0 Å². The van der Waals surface area contributed by atoms with E-state index in [4.69, 9.17) is 14.6 Å². The van der Waals surface area contributed by atoms with Crippen LogP contribution in [-0.4, -0.2) is 60.5 Å². The minimum absolute atomic E-state index is 0.335. The smallest absolute Gasteiger partial charge is 0.404 e. The summed E-state index contributed by atoms with van der Waals surface area (Å²) >= 11 is 0. The number of nitrogens with one attached hydrogen (secondary N) is 2. The molecule has 0 unspecified atom stereocenters. The fraction of sp³-hybridized carbons (Fsp3) is 0.632. The van der Waals surface area contributed by atoms with Crippen molar-refractivity contribution in [2.24, 2.45) is 0 Å². The molecule has 146 valence electrons. The highest BCUT2D eigenvalue weighted by Gasteiger charge is 2.29. The number of aliphatic hydroxyl groups is 1. The van der Waals surface area contributed by atoms with Gasteiger partial charge in [-0.2, -0.15) is 0 Å². The number of rotatable bonds is 11. The van der Waals surface area contributed by atoms with Gasteiger partial charge in [0, 0.05) is 13.0 Å². The zero-order valence-corrected chi connectivity index (χ0v) is 15.3. The van der Waals surface area contributed by atoms with E-state index in [-0.39, 0.29) is 0 Å². The Balaban J connectivity index is 1.67. The molecule has 0 spiro atoms. The first-order valence-electron chi connectivity index (χ1n) is 9.18. The normalized spacial score (nSPS) is 18.4. The summed E-state index contributed by atoms with van der Waals surface area (Å²) in [6.07, 6.45) is 1.25. The Bertz CT molecular complexity index is 534. The van der Waals surface area contributed by atoms with Crippen LogP contribution < -0.4 is 10.6 Å². The van der Waals surface area contributed by atoms with E-state index in [2.05, 4.69) is 10.6 Å². The number of benzene rings is 1. The van der Waals surface area contributed by atoms with Gasteiger partial charge in [-0.15, -0.1) is 0 Å². The maximum Gasteiger partial charge on any atom is 0.404 e. The van der Waals surface area contributed by atoms with Crippen LogP contribution in [-0.2, 0) is 15.9 Å². The highest BCUT2D eigenvalue weighted by atomic mass is 16.7. The van der Waals surface area contributed by atoms with Gasteiger partial charge in [-0.25, -0.2) is 4.79 Å². The van der Waals surface area contributed by atoms with Crippen LogP contribution in [0.5, 0.6) is 0 Å². The summed E-state index contributed by atoms with van der Waals surface area (Å²) in [5.74, 6) is -0.453. The van der Waals surface area contributed by atoms with Crippen LogP contribution in [0, 0.1) is 0 Å². The largest absolute Gasteiger partial charge is 0.465 e. The molecule has 1 fully saturated rings. The second-order valence-electron chi connectivity index (χ2n) is 6.81. The molecule has 1 aliphatic rings. The lowest BCUT2D eigenvalue weighted by Crippen LogP contribution is -2.48. The van der Waals surface area contributed by atoms with Gasteiger partial charge in [-0.1, -0.05) is 30.3 Å². The topological polar surface area (TPSA) is 100 Å². The van der Waals surface area contributed by atoms with E-state index < -0.39 is 24.0 Å². The molecule has 4 N–H and O–H groups in total. The third-order valence-corrected chi connectivity index (χ3v) is 4.56. The fourth-order valence-corrected chi connectivity index (χ4v) is 3.10. The molecule has 1 amide bonds.